The Bertz CT molecular complexity index is 607. The number of nitrogens with zero attached hydrogens (tertiary/aromatic N) is 1. The van der Waals surface area contributed by atoms with Gasteiger partial charge in [0.1, 0.15) is 5.56 Å². The second kappa shape index (κ2) is 5.13. The minimum absolute atomic E-state index is 0.0143. The van der Waals surface area contributed by atoms with Crippen molar-refractivity contribution in [2.24, 2.45) is 0 Å². The van der Waals surface area contributed by atoms with Gasteiger partial charge in [0.05, 0.1) is 0 Å². The quantitative estimate of drug-likeness (QED) is 0.721. The zero-order chi connectivity index (χ0) is 13.0. The predicted molar refractivity (Wildman–Crippen MR) is 66.9 cm³/mol. The van der Waals surface area contributed by atoms with Crippen molar-refractivity contribution in [2.45, 2.75) is 6.54 Å². The average Bonchev–Trinajstić information content (AvgIpc) is 2.37. The van der Waals surface area contributed by atoms with Gasteiger partial charge in [0.2, 0.25) is 0 Å². The van der Waals surface area contributed by atoms with Crippen molar-refractivity contribution >= 4 is 11.9 Å². The van der Waals surface area contributed by atoms with Gasteiger partial charge in [0.15, 0.2) is 5.95 Å². The van der Waals surface area contributed by atoms with Crippen LogP contribution < -0.4 is 16.6 Å². The highest BCUT2D eigenvalue weighted by Crippen LogP contribution is 1.98. The SMILES string of the molecule is Nc1ncc(C(=O)NCc2ccccc2)c(=O)[nH]1. The van der Waals surface area contributed by atoms with Crippen molar-refractivity contribution in [1.29, 1.82) is 0 Å². The molecule has 2 rings (SSSR count). The fraction of sp³-hybridized carbons (Fsp3) is 0.0833. The third-order valence-electron chi connectivity index (χ3n) is 2.36. The summed E-state index contributed by atoms with van der Waals surface area (Å²) in [4.78, 5) is 29.1. The molecule has 0 aliphatic rings. The standard InChI is InChI=1S/C12H12N4O2/c13-12-15-7-9(11(18)16-12)10(17)14-6-8-4-2-1-3-5-8/h1-5,7H,6H2,(H,14,17)(H3,13,15,16,18). The van der Waals surface area contributed by atoms with E-state index in [0.29, 0.717) is 6.54 Å². The zero-order valence-corrected chi connectivity index (χ0v) is 9.51. The number of amides is 1. The van der Waals surface area contributed by atoms with Crippen LogP contribution in [0.2, 0.25) is 0 Å². The van der Waals surface area contributed by atoms with Gasteiger partial charge in [-0.05, 0) is 5.56 Å². The lowest BCUT2D eigenvalue weighted by atomic mass is 10.2. The Kier molecular flexibility index (Phi) is 3.38. The molecule has 1 amide bonds. The Morgan fingerprint density at radius 2 is 2.06 bits per heavy atom. The summed E-state index contributed by atoms with van der Waals surface area (Å²) in [5, 5.41) is 2.64. The van der Waals surface area contributed by atoms with E-state index < -0.39 is 11.5 Å². The van der Waals surface area contributed by atoms with Gasteiger partial charge in [0.25, 0.3) is 11.5 Å². The molecule has 0 saturated heterocycles. The maximum atomic E-state index is 11.7. The molecule has 6 nitrogen and oxygen atoms in total. The number of anilines is 1. The minimum atomic E-state index is -0.548. The molecule has 2 aromatic rings. The Morgan fingerprint density at radius 1 is 1.33 bits per heavy atom. The maximum Gasteiger partial charge on any atom is 0.265 e. The highest BCUT2D eigenvalue weighted by Gasteiger charge is 2.10. The van der Waals surface area contributed by atoms with E-state index in [1.54, 1.807) is 0 Å². The Hall–Kier alpha value is -2.63. The lowest BCUT2D eigenvalue weighted by Crippen LogP contribution is -2.29. The lowest BCUT2D eigenvalue weighted by Gasteiger charge is -2.04. The summed E-state index contributed by atoms with van der Waals surface area (Å²) in [5.41, 5.74) is 5.64. The van der Waals surface area contributed by atoms with Crippen LogP contribution >= 0.6 is 0 Å². The largest absolute Gasteiger partial charge is 0.369 e. The first-order chi connectivity index (χ1) is 8.66. The fourth-order valence-electron chi connectivity index (χ4n) is 1.44. The van der Waals surface area contributed by atoms with E-state index in [0.717, 1.165) is 11.8 Å². The van der Waals surface area contributed by atoms with Gasteiger partial charge in [-0.1, -0.05) is 30.3 Å². The van der Waals surface area contributed by atoms with Crippen LogP contribution in [0, 0.1) is 0 Å². The molecular weight excluding hydrogens is 232 g/mol. The topological polar surface area (TPSA) is 101 Å². The number of rotatable bonds is 3. The molecule has 0 aliphatic carbocycles. The Morgan fingerprint density at radius 3 is 2.72 bits per heavy atom. The van der Waals surface area contributed by atoms with Gasteiger partial charge < -0.3 is 11.1 Å². The van der Waals surface area contributed by atoms with Crippen LogP contribution in [0.4, 0.5) is 5.95 Å². The van der Waals surface area contributed by atoms with Gasteiger partial charge in [-0.2, -0.15) is 0 Å². The number of aromatic nitrogens is 2. The van der Waals surface area contributed by atoms with Crippen molar-refractivity contribution in [3.05, 3.63) is 58.0 Å². The summed E-state index contributed by atoms with van der Waals surface area (Å²) in [7, 11) is 0. The normalized spacial score (nSPS) is 10.0. The molecule has 1 aromatic heterocycles. The summed E-state index contributed by atoms with van der Waals surface area (Å²) in [6, 6.07) is 9.40. The van der Waals surface area contributed by atoms with Crippen molar-refractivity contribution < 1.29 is 4.79 Å². The van der Waals surface area contributed by atoms with Gasteiger partial charge in [-0.25, -0.2) is 4.98 Å². The number of nitrogens with one attached hydrogen (secondary N) is 2. The number of nitrogen functional groups attached to an aromatic ring is 1. The molecule has 0 radical (unpaired) electrons. The zero-order valence-electron chi connectivity index (χ0n) is 9.51. The highest BCUT2D eigenvalue weighted by molar-refractivity contribution is 5.93. The number of hydrogen-bond acceptors (Lipinski definition) is 4. The van der Waals surface area contributed by atoms with E-state index in [1.807, 2.05) is 30.3 Å². The maximum absolute atomic E-state index is 11.7. The molecule has 6 heteroatoms. The lowest BCUT2D eigenvalue weighted by molar-refractivity contribution is 0.0949. The summed E-state index contributed by atoms with van der Waals surface area (Å²) in [6.07, 6.45) is 1.16. The fourth-order valence-corrected chi connectivity index (χ4v) is 1.44. The molecule has 0 atom stereocenters. The first-order valence-electron chi connectivity index (χ1n) is 5.34. The molecule has 92 valence electrons. The molecule has 0 saturated carbocycles. The summed E-state index contributed by atoms with van der Waals surface area (Å²) in [5.74, 6) is -0.493. The molecule has 18 heavy (non-hydrogen) atoms. The third kappa shape index (κ3) is 2.73. The van der Waals surface area contributed by atoms with Gasteiger partial charge >= 0.3 is 0 Å². The monoisotopic (exact) mass is 244 g/mol. The van der Waals surface area contributed by atoms with Crippen molar-refractivity contribution in [1.82, 2.24) is 15.3 Å². The van der Waals surface area contributed by atoms with E-state index >= 15 is 0 Å². The van der Waals surface area contributed by atoms with Crippen molar-refractivity contribution in [3.63, 3.8) is 0 Å². The van der Waals surface area contributed by atoms with E-state index in [2.05, 4.69) is 15.3 Å². The van der Waals surface area contributed by atoms with Crippen LogP contribution in [0.5, 0.6) is 0 Å². The molecule has 1 heterocycles. The first kappa shape index (κ1) is 11.8. The van der Waals surface area contributed by atoms with Crippen LogP contribution in [-0.4, -0.2) is 15.9 Å². The first-order valence-corrected chi connectivity index (χ1v) is 5.34. The van der Waals surface area contributed by atoms with Crippen LogP contribution in [0.1, 0.15) is 15.9 Å². The van der Waals surface area contributed by atoms with Gasteiger partial charge in [0, 0.05) is 12.7 Å². The second-order valence-electron chi connectivity index (χ2n) is 3.68. The van der Waals surface area contributed by atoms with Crippen LogP contribution in [-0.2, 0) is 6.54 Å². The molecule has 0 bridgehead atoms. The van der Waals surface area contributed by atoms with Crippen LogP contribution in [0.15, 0.2) is 41.3 Å². The number of hydrogen-bond donors (Lipinski definition) is 3. The van der Waals surface area contributed by atoms with E-state index in [-0.39, 0.29) is 11.5 Å². The number of aromatic amines is 1. The van der Waals surface area contributed by atoms with Gasteiger partial charge in [-0.3, -0.25) is 14.6 Å². The number of H-pyrrole nitrogens is 1. The number of carbonyl (C=O) groups excluding carboxylic acids is 1. The minimum Gasteiger partial charge on any atom is -0.369 e. The molecule has 0 aliphatic heterocycles. The second-order valence-corrected chi connectivity index (χ2v) is 3.68. The molecule has 0 spiro atoms. The molecule has 0 unspecified atom stereocenters. The Balaban J connectivity index is 2.06. The smallest absolute Gasteiger partial charge is 0.265 e. The number of benzene rings is 1. The highest BCUT2D eigenvalue weighted by atomic mass is 16.2. The Labute approximate surface area is 103 Å². The van der Waals surface area contributed by atoms with Gasteiger partial charge in [-0.15, -0.1) is 0 Å². The van der Waals surface area contributed by atoms with Crippen molar-refractivity contribution in [2.75, 3.05) is 5.73 Å². The summed E-state index contributed by atoms with van der Waals surface area (Å²) >= 11 is 0. The molecular formula is C12H12N4O2. The van der Waals surface area contributed by atoms with E-state index in [1.165, 1.54) is 0 Å². The van der Waals surface area contributed by atoms with E-state index in [9.17, 15) is 9.59 Å². The predicted octanol–water partition coefficient (Wildman–Crippen LogP) is 0.282. The average molecular weight is 244 g/mol. The van der Waals surface area contributed by atoms with Crippen LogP contribution in [0.3, 0.4) is 0 Å². The molecule has 0 fully saturated rings. The number of nitrogens with two attached hydrogens (primary N) is 1. The molecule has 1 aromatic carbocycles. The van der Waals surface area contributed by atoms with E-state index in [4.69, 9.17) is 5.73 Å². The number of carbonyl (C=O) groups is 1. The van der Waals surface area contributed by atoms with Crippen LogP contribution in [0.25, 0.3) is 0 Å². The third-order valence-corrected chi connectivity index (χ3v) is 2.36. The molecule has 4 N–H and O–H groups in total. The van der Waals surface area contributed by atoms with Crippen molar-refractivity contribution in [3.8, 4) is 0 Å². The summed E-state index contributed by atoms with van der Waals surface area (Å²) < 4.78 is 0. The summed E-state index contributed by atoms with van der Waals surface area (Å²) in [6.45, 7) is 0.351.